The van der Waals surface area contributed by atoms with E-state index in [2.05, 4.69) is 15.7 Å². The molecule has 1 fully saturated rings. The van der Waals surface area contributed by atoms with E-state index < -0.39 is 0 Å². The van der Waals surface area contributed by atoms with Crippen LogP contribution in [-0.4, -0.2) is 31.2 Å². The van der Waals surface area contributed by atoms with Crippen LogP contribution in [0.15, 0.2) is 18.3 Å². The monoisotopic (exact) mass is 264 g/mol. The zero-order valence-corrected chi connectivity index (χ0v) is 11.1. The second-order valence-corrected chi connectivity index (χ2v) is 5.00. The lowest BCUT2D eigenvalue weighted by molar-refractivity contribution is 0.0938. The molecule has 6 heteroatoms. The highest BCUT2D eigenvalue weighted by Crippen LogP contribution is 2.48. The Bertz CT molecular complexity index is 446. The van der Waals surface area contributed by atoms with Crippen LogP contribution in [0.3, 0.4) is 0 Å². The Labute approximate surface area is 112 Å². The van der Waals surface area contributed by atoms with Gasteiger partial charge in [0.2, 0.25) is 0 Å². The third-order valence-electron chi connectivity index (χ3n) is 3.59. The molecule has 19 heavy (non-hydrogen) atoms. The van der Waals surface area contributed by atoms with E-state index in [-0.39, 0.29) is 11.3 Å². The number of anilines is 1. The molecule has 0 radical (unpaired) electrons. The van der Waals surface area contributed by atoms with E-state index in [1.54, 1.807) is 25.4 Å². The van der Waals surface area contributed by atoms with Crippen LogP contribution in [0, 0.1) is 5.41 Å². The maximum atomic E-state index is 12.0. The number of ether oxygens (including phenoxy) is 1. The molecular weight excluding hydrogens is 244 g/mol. The SMILES string of the molecule is COCCC1(CNC(=O)c2ccnc(NN)c2)CC1. The molecule has 1 aliphatic carbocycles. The molecule has 0 bridgehead atoms. The van der Waals surface area contributed by atoms with Crippen LogP contribution in [0.25, 0.3) is 0 Å². The van der Waals surface area contributed by atoms with E-state index >= 15 is 0 Å². The Kier molecular flexibility index (Phi) is 4.34. The highest BCUT2D eigenvalue weighted by molar-refractivity contribution is 5.94. The fraction of sp³-hybridized carbons (Fsp3) is 0.538. The largest absolute Gasteiger partial charge is 0.385 e. The molecule has 0 atom stereocenters. The van der Waals surface area contributed by atoms with Crippen molar-refractivity contribution >= 4 is 11.7 Å². The van der Waals surface area contributed by atoms with Crippen molar-refractivity contribution in [3.8, 4) is 0 Å². The molecule has 1 aromatic heterocycles. The molecule has 0 aliphatic heterocycles. The number of hydrogen-bond acceptors (Lipinski definition) is 5. The zero-order chi connectivity index (χ0) is 13.7. The number of nitrogen functional groups attached to an aromatic ring is 1. The van der Waals surface area contributed by atoms with Crippen molar-refractivity contribution in [1.82, 2.24) is 10.3 Å². The van der Waals surface area contributed by atoms with Crippen LogP contribution in [0.4, 0.5) is 5.82 Å². The first-order chi connectivity index (χ1) is 9.19. The van der Waals surface area contributed by atoms with E-state index in [0.717, 1.165) is 25.9 Å². The highest BCUT2D eigenvalue weighted by atomic mass is 16.5. The number of rotatable bonds is 7. The molecule has 1 saturated carbocycles. The van der Waals surface area contributed by atoms with Crippen molar-refractivity contribution in [1.29, 1.82) is 0 Å². The first-order valence-electron chi connectivity index (χ1n) is 6.39. The van der Waals surface area contributed by atoms with Gasteiger partial charge in [-0.2, -0.15) is 0 Å². The third kappa shape index (κ3) is 3.65. The minimum Gasteiger partial charge on any atom is -0.385 e. The molecule has 1 aliphatic rings. The summed E-state index contributed by atoms with van der Waals surface area (Å²) in [4.78, 5) is 16.0. The molecule has 4 N–H and O–H groups in total. The number of nitrogens with zero attached hydrogens (tertiary/aromatic N) is 1. The van der Waals surface area contributed by atoms with Crippen molar-refractivity contribution in [2.24, 2.45) is 11.3 Å². The van der Waals surface area contributed by atoms with Gasteiger partial charge in [0.05, 0.1) is 0 Å². The Morgan fingerprint density at radius 2 is 2.37 bits per heavy atom. The molecule has 1 amide bonds. The Hall–Kier alpha value is -1.66. The molecule has 1 aromatic rings. The number of carbonyl (C=O) groups excluding carboxylic acids is 1. The van der Waals surface area contributed by atoms with Crippen molar-refractivity contribution in [2.45, 2.75) is 19.3 Å². The fourth-order valence-corrected chi connectivity index (χ4v) is 2.03. The molecule has 1 heterocycles. The standard InChI is InChI=1S/C13H20N4O2/c1-19-7-5-13(3-4-13)9-16-12(18)10-2-6-15-11(8-10)17-14/h2,6,8H,3-5,7,9,14H2,1H3,(H,15,17)(H,16,18). The number of pyridine rings is 1. The summed E-state index contributed by atoms with van der Waals surface area (Å²) in [5.74, 6) is 5.65. The maximum absolute atomic E-state index is 12.0. The summed E-state index contributed by atoms with van der Waals surface area (Å²) in [5.41, 5.74) is 3.23. The lowest BCUT2D eigenvalue weighted by Gasteiger charge is -2.15. The van der Waals surface area contributed by atoms with Gasteiger partial charge in [-0.1, -0.05) is 0 Å². The number of hydrogen-bond donors (Lipinski definition) is 3. The van der Waals surface area contributed by atoms with Crippen molar-refractivity contribution in [3.63, 3.8) is 0 Å². The van der Waals surface area contributed by atoms with Gasteiger partial charge in [0.25, 0.3) is 5.91 Å². The van der Waals surface area contributed by atoms with Gasteiger partial charge in [0.1, 0.15) is 5.82 Å². The predicted octanol–water partition coefficient (Wildman–Crippen LogP) is 0.914. The molecule has 0 saturated heterocycles. The number of nitrogens with one attached hydrogen (secondary N) is 2. The lowest BCUT2D eigenvalue weighted by Crippen LogP contribution is -2.31. The molecule has 0 spiro atoms. The second kappa shape index (κ2) is 5.99. The number of nitrogens with two attached hydrogens (primary N) is 1. The van der Waals surface area contributed by atoms with Gasteiger partial charge in [-0.25, -0.2) is 10.8 Å². The topological polar surface area (TPSA) is 89.3 Å². The smallest absolute Gasteiger partial charge is 0.251 e. The Morgan fingerprint density at radius 1 is 1.58 bits per heavy atom. The van der Waals surface area contributed by atoms with Crippen LogP contribution in [0.5, 0.6) is 0 Å². The van der Waals surface area contributed by atoms with Gasteiger partial charge in [-0.3, -0.25) is 4.79 Å². The molecule has 6 nitrogen and oxygen atoms in total. The van der Waals surface area contributed by atoms with Gasteiger partial charge >= 0.3 is 0 Å². The van der Waals surface area contributed by atoms with Crippen LogP contribution < -0.4 is 16.6 Å². The van der Waals surface area contributed by atoms with Gasteiger partial charge in [0.15, 0.2) is 0 Å². The normalized spacial score (nSPS) is 15.9. The van der Waals surface area contributed by atoms with Gasteiger partial charge in [0, 0.05) is 32.0 Å². The van der Waals surface area contributed by atoms with Crippen LogP contribution in [0.1, 0.15) is 29.6 Å². The molecule has 0 unspecified atom stereocenters. The average Bonchev–Trinajstić information content (AvgIpc) is 3.23. The van der Waals surface area contributed by atoms with E-state index in [9.17, 15) is 4.79 Å². The number of aromatic nitrogens is 1. The average molecular weight is 264 g/mol. The number of carbonyl (C=O) groups is 1. The lowest BCUT2D eigenvalue weighted by atomic mass is 10.0. The maximum Gasteiger partial charge on any atom is 0.251 e. The molecular formula is C13H20N4O2. The highest BCUT2D eigenvalue weighted by Gasteiger charge is 2.42. The number of methoxy groups -OCH3 is 1. The summed E-state index contributed by atoms with van der Waals surface area (Å²) in [7, 11) is 1.70. The number of hydrazine groups is 1. The fourth-order valence-electron chi connectivity index (χ4n) is 2.03. The van der Waals surface area contributed by atoms with Gasteiger partial charge in [-0.15, -0.1) is 0 Å². The summed E-state index contributed by atoms with van der Waals surface area (Å²) < 4.78 is 5.10. The molecule has 0 aromatic carbocycles. The molecule has 104 valence electrons. The Morgan fingerprint density at radius 3 is 3.00 bits per heavy atom. The quantitative estimate of drug-likeness (QED) is 0.503. The molecule has 2 rings (SSSR count). The summed E-state index contributed by atoms with van der Waals surface area (Å²) in [6.45, 7) is 1.44. The van der Waals surface area contributed by atoms with Crippen molar-refractivity contribution < 1.29 is 9.53 Å². The first-order valence-corrected chi connectivity index (χ1v) is 6.39. The Balaban J connectivity index is 1.87. The van der Waals surface area contributed by atoms with Crippen molar-refractivity contribution in [3.05, 3.63) is 23.9 Å². The van der Waals surface area contributed by atoms with Crippen molar-refractivity contribution in [2.75, 3.05) is 25.7 Å². The first kappa shape index (κ1) is 13.8. The van der Waals surface area contributed by atoms with E-state index in [0.29, 0.717) is 17.9 Å². The minimum atomic E-state index is -0.0948. The van der Waals surface area contributed by atoms with E-state index in [1.807, 2.05) is 0 Å². The number of amides is 1. The summed E-state index contributed by atoms with van der Waals surface area (Å²) in [6.07, 6.45) is 4.86. The van der Waals surface area contributed by atoms with E-state index in [1.165, 1.54) is 0 Å². The third-order valence-corrected chi connectivity index (χ3v) is 3.59. The van der Waals surface area contributed by atoms with E-state index in [4.69, 9.17) is 10.6 Å². The zero-order valence-electron chi connectivity index (χ0n) is 11.1. The summed E-state index contributed by atoms with van der Waals surface area (Å²) >= 11 is 0. The predicted molar refractivity (Wildman–Crippen MR) is 72.5 cm³/mol. The van der Waals surface area contributed by atoms with Crippen LogP contribution in [-0.2, 0) is 4.74 Å². The summed E-state index contributed by atoms with van der Waals surface area (Å²) in [6, 6.07) is 3.30. The minimum absolute atomic E-state index is 0.0948. The van der Waals surface area contributed by atoms with Gasteiger partial charge in [-0.05, 0) is 36.8 Å². The summed E-state index contributed by atoms with van der Waals surface area (Å²) in [5, 5.41) is 2.97. The van der Waals surface area contributed by atoms with Crippen LogP contribution in [0.2, 0.25) is 0 Å². The van der Waals surface area contributed by atoms with Crippen LogP contribution >= 0.6 is 0 Å². The second-order valence-electron chi connectivity index (χ2n) is 5.00. The van der Waals surface area contributed by atoms with Gasteiger partial charge < -0.3 is 15.5 Å².